The number of rotatable bonds is 1. The van der Waals surface area contributed by atoms with E-state index in [1.54, 1.807) is 16.5 Å². The lowest BCUT2D eigenvalue weighted by atomic mass is 9.98. The van der Waals surface area contributed by atoms with Crippen molar-refractivity contribution in [3.8, 4) is 5.75 Å². The number of carbonyl (C=O) groups excluding carboxylic acids is 1. The Morgan fingerprint density at radius 1 is 1.05 bits per heavy atom. The molecule has 0 saturated carbocycles. The van der Waals surface area contributed by atoms with Crippen LogP contribution in [0.3, 0.4) is 0 Å². The van der Waals surface area contributed by atoms with E-state index >= 15 is 0 Å². The van der Waals surface area contributed by atoms with E-state index in [0.717, 1.165) is 50.3 Å². The molecule has 2 unspecified atom stereocenters. The minimum absolute atomic E-state index is 0.00658. The smallest absolute Gasteiger partial charge is 0.407 e. The Morgan fingerprint density at radius 3 is 2.62 bits per heavy atom. The van der Waals surface area contributed by atoms with Crippen LogP contribution < -0.4 is 19.9 Å². The summed E-state index contributed by atoms with van der Waals surface area (Å²) in [5.41, 5.74) is 1.15. The number of ether oxygens (including phenoxy) is 1. The van der Waals surface area contributed by atoms with Crippen LogP contribution >= 0.6 is 0 Å². The van der Waals surface area contributed by atoms with E-state index in [1.165, 1.54) is 6.07 Å². The van der Waals surface area contributed by atoms with Crippen LogP contribution in [0, 0.1) is 5.82 Å². The molecule has 9 nitrogen and oxygen atoms in total. The third kappa shape index (κ3) is 5.02. The summed E-state index contributed by atoms with van der Waals surface area (Å²) in [6.45, 7) is 1.66. The van der Waals surface area contributed by atoms with Crippen LogP contribution in [-0.2, 0) is 0 Å². The van der Waals surface area contributed by atoms with Crippen LogP contribution in [0.15, 0.2) is 30.3 Å². The van der Waals surface area contributed by atoms with E-state index < -0.39 is 36.6 Å². The molecule has 2 aromatic heterocycles. The topological polar surface area (TPSA) is 78.2 Å². The third-order valence-electron chi connectivity index (χ3n) is 7.90. The Kier molecular flexibility index (Phi) is 6.93. The summed E-state index contributed by atoms with van der Waals surface area (Å²) in [6, 6.07) is 4.70. The first-order valence-electron chi connectivity index (χ1n) is 13.6. The van der Waals surface area contributed by atoms with Crippen molar-refractivity contribution in [1.82, 2.24) is 24.8 Å². The molecule has 0 spiro atoms. The fraction of sp³-hybridized carbons (Fsp3) is 0.519. The monoisotopic (exact) mass is 561 g/mol. The number of piperidine rings is 1. The molecular formula is C27H31F4N7O2. The number of benzene rings is 1. The van der Waals surface area contributed by atoms with Gasteiger partial charge in [-0.05, 0) is 43.9 Å². The Bertz CT molecular complexity index is 1410. The van der Waals surface area contributed by atoms with Gasteiger partial charge in [-0.3, -0.25) is 4.79 Å². The Morgan fingerprint density at radius 2 is 1.88 bits per heavy atom. The largest absolute Gasteiger partial charge is 0.491 e. The molecule has 3 aliphatic rings. The molecule has 0 aliphatic carbocycles. The van der Waals surface area contributed by atoms with Crippen molar-refractivity contribution in [3.05, 3.63) is 47.4 Å². The summed E-state index contributed by atoms with van der Waals surface area (Å²) in [6.07, 6.45) is -1.28. The second-order valence-electron chi connectivity index (χ2n) is 10.6. The molecule has 214 valence electrons. The van der Waals surface area contributed by atoms with Crippen molar-refractivity contribution >= 4 is 23.2 Å². The standard InChI is InChI=1S/C27H31F4N7O2/c1-35-12-8-32-22(27(29,30)31)16-40-21-7-6-17(28)13-18(21)26(39)37-11-3-2-5-20(37)19-14-24-33-23(36-9-4-10-36)15-25(35)38(24)34-19/h6-7,13-15,20,22,32H,2-5,8-12,16H2,1H3. The average Bonchev–Trinajstić information content (AvgIpc) is 3.32. The molecule has 1 aromatic carbocycles. The van der Waals surface area contributed by atoms with Gasteiger partial charge in [0.2, 0.25) is 0 Å². The van der Waals surface area contributed by atoms with Gasteiger partial charge in [-0.1, -0.05) is 0 Å². The second kappa shape index (κ2) is 10.4. The number of nitrogens with one attached hydrogen (secondary N) is 1. The number of alkyl halides is 3. The summed E-state index contributed by atoms with van der Waals surface area (Å²) in [4.78, 5) is 24.3. The van der Waals surface area contributed by atoms with Gasteiger partial charge < -0.3 is 24.8 Å². The quantitative estimate of drug-likeness (QED) is 0.453. The first kappa shape index (κ1) is 26.6. The zero-order valence-electron chi connectivity index (χ0n) is 22.1. The molecule has 3 aromatic rings. The first-order valence-corrected chi connectivity index (χ1v) is 13.6. The van der Waals surface area contributed by atoms with Gasteiger partial charge in [-0.25, -0.2) is 9.37 Å². The highest BCUT2D eigenvalue weighted by atomic mass is 19.4. The number of carbonyl (C=O) groups is 1. The van der Waals surface area contributed by atoms with Crippen molar-refractivity contribution in [2.24, 2.45) is 0 Å². The highest BCUT2D eigenvalue weighted by Gasteiger charge is 2.40. The van der Waals surface area contributed by atoms with Crippen LogP contribution in [0.2, 0.25) is 0 Å². The lowest BCUT2D eigenvalue weighted by Crippen LogP contribution is -2.48. The summed E-state index contributed by atoms with van der Waals surface area (Å²) >= 11 is 0. The number of halogens is 4. The maximum atomic E-state index is 14.3. The number of aromatic nitrogens is 3. The van der Waals surface area contributed by atoms with Crippen molar-refractivity contribution in [2.45, 2.75) is 43.9 Å². The average molecular weight is 562 g/mol. The Hall–Kier alpha value is -3.61. The van der Waals surface area contributed by atoms with Crippen LogP contribution in [0.1, 0.15) is 47.8 Å². The van der Waals surface area contributed by atoms with Gasteiger partial charge in [0.1, 0.15) is 35.9 Å². The summed E-state index contributed by atoms with van der Waals surface area (Å²) in [5.74, 6) is 0.196. The van der Waals surface area contributed by atoms with E-state index in [-0.39, 0.29) is 24.4 Å². The molecule has 40 heavy (non-hydrogen) atoms. The van der Waals surface area contributed by atoms with Gasteiger partial charge >= 0.3 is 6.18 Å². The number of likely N-dealkylation sites (N-methyl/N-ethyl adjacent to an activating group) is 1. The van der Waals surface area contributed by atoms with Crippen molar-refractivity contribution in [2.75, 3.05) is 56.2 Å². The van der Waals surface area contributed by atoms with E-state index in [9.17, 15) is 22.4 Å². The van der Waals surface area contributed by atoms with E-state index in [1.807, 2.05) is 17.0 Å². The Balaban J connectivity index is 1.47. The summed E-state index contributed by atoms with van der Waals surface area (Å²) in [7, 11) is 1.81. The van der Waals surface area contributed by atoms with Gasteiger partial charge in [0.15, 0.2) is 5.65 Å². The molecule has 1 amide bonds. The molecule has 13 heteroatoms. The molecule has 0 radical (unpaired) electrons. The van der Waals surface area contributed by atoms with Crippen molar-refractivity contribution in [1.29, 1.82) is 0 Å². The van der Waals surface area contributed by atoms with Gasteiger partial charge in [0, 0.05) is 51.9 Å². The predicted octanol–water partition coefficient (Wildman–Crippen LogP) is 3.80. The number of nitrogens with zero attached hydrogens (tertiary/aromatic N) is 6. The highest BCUT2D eigenvalue weighted by Crippen LogP contribution is 2.35. The minimum atomic E-state index is -4.60. The Labute approximate surface area is 228 Å². The summed E-state index contributed by atoms with van der Waals surface area (Å²) < 4.78 is 63.3. The molecule has 5 heterocycles. The molecule has 3 aliphatic heterocycles. The van der Waals surface area contributed by atoms with Gasteiger partial charge in [0.25, 0.3) is 5.91 Å². The van der Waals surface area contributed by atoms with Gasteiger partial charge in [0.05, 0.1) is 17.3 Å². The third-order valence-corrected chi connectivity index (χ3v) is 7.90. The highest BCUT2D eigenvalue weighted by molar-refractivity contribution is 5.97. The maximum Gasteiger partial charge on any atom is 0.407 e. The van der Waals surface area contributed by atoms with Crippen LogP contribution in [0.5, 0.6) is 5.75 Å². The molecular weight excluding hydrogens is 530 g/mol. The number of hydrogen-bond donors (Lipinski definition) is 1. The lowest BCUT2D eigenvalue weighted by molar-refractivity contribution is -0.161. The molecule has 2 bridgehead atoms. The SMILES string of the molecule is CN1CCNC(C(F)(F)F)COc2ccc(F)cc2C(=O)N2CCCCC2c2cc3nc(N4CCC4)cc1n3n2. The van der Waals surface area contributed by atoms with Gasteiger partial charge in [-0.2, -0.15) is 22.8 Å². The van der Waals surface area contributed by atoms with E-state index in [0.29, 0.717) is 30.1 Å². The van der Waals surface area contributed by atoms with Gasteiger partial charge in [-0.15, -0.1) is 0 Å². The van der Waals surface area contributed by atoms with Crippen molar-refractivity contribution in [3.63, 3.8) is 0 Å². The number of anilines is 2. The molecule has 2 fully saturated rings. The molecule has 1 N–H and O–H groups in total. The van der Waals surface area contributed by atoms with E-state index in [4.69, 9.17) is 14.8 Å². The molecule has 2 saturated heterocycles. The molecule has 2 atom stereocenters. The molecule has 6 rings (SSSR count). The number of fused-ring (bicyclic) bond motifs is 4. The van der Waals surface area contributed by atoms with Crippen LogP contribution in [0.25, 0.3) is 5.65 Å². The van der Waals surface area contributed by atoms with Crippen LogP contribution in [0.4, 0.5) is 29.2 Å². The first-order chi connectivity index (χ1) is 19.2. The zero-order valence-corrected chi connectivity index (χ0v) is 22.1. The number of amides is 1. The maximum absolute atomic E-state index is 14.3. The van der Waals surface area contributed by atoms with Crippen molar-refractivity contribution < 1.29 is 27.1 Å². The second-order valence-corrected chi connectivity index (χ2v) is 10.6. The summed E-state index contributed by atoms with van der Waals surface area (Å²) in [5, 5.41) is 7.40. The number of hydrogen-bond acceptors (Lipinski definition) is 7. The predicted molar refractivity (Wildman–Crippen MR) is 140 cm³/mol. The fourth-order valence-corrected chi connectivity index (χ4v) is 5.50. The zero-order chi connectivity index (χ0) is 28.0. The minimum Gasteiger partial charge on any atom is -0.491 e. The lowest BCUT2D eigenvalue weighted by Gasteiger charge is -2.35. The van der Waals surface area contributed by atoms with Crippen LogP contribution in [-0.4, -0.2) is 84.0 Å². The normalized spacial score (nSPS) is 22.6. The van der Waals surface area contributed by atoms with E-state index in [2.05, 4.69) is 10.2 Å². The fourth-order valence-electron chi connectivity index (χ4n) is 5.50.